The molecule has 0 saturated heterocycles. The van der Waals surface area contributed by atoms with Crippen molar-refractivity contribution in [3.05, 3.63) is 0 Å². The Bertz CT molecular complexity index is 2120. The molecule has 17 nitrogen and oxygen atoms in total. The summed E-state index contributed by atoms with van der Waals surface area (Å²) in [5, 5.41) is 10.7. The van der Waals surface area contributed by atoms with Gasteiger partial charge in [-0.1, -0.05) is 434 Å². The molecule has 0 fully saturated rings. The Kier molecular flexibility index (Phi) is 79.4. The lowest BCUT2D eigenvalue weighted by Crippen LogP contribution is -2.30. The number of ether oxygens (including phenoxy) is 4. The zero-order valence-electron chi connectivity index (χ0n) is 72.7. The van der Waals surface area contributed by atoms with Crippen LogP contribution in [0.3, 0.4) is 0 Å². The molecule has 110 heavy (non-hydrogen) atoms. The first kappa shape index (κ1) is 108. The summed E-state index contributed by atoms with van der Waals surface area (Å²) in [6.07, 6.45) is 73.6. The maximum Gasteiger partial charge on any atom is 0.472 e. The fraction of sp³-hybridized carbons (Fsp3) is 0.956. The Morgan fingerprint density at radius 3 is 0.691 bits per heavy atom. The van der Waals surface area contributed by atoms with Gasteiger partial charge in [-0.05, 0) is 43.4 Å². The second-order valence-corrected chi connectivity index (χ2v) is 36.6. The number of aliphatic hydroxyl groups is 1. The van der Waals surface area contributed by atoms with E-state index in [2.05, 4.69) is 48.5 Å². The molecule has 0 bridgehead atoms. The molecule has 0 aromatic heterocycles. The molecule has 0 rings (SSSR count). The summed E-state index contributed by atoms with van der Waals surface area (Å²) in [7, 11) is -9.93. The van der Waals surface area contributed by atoms with Crippen molar-refractivity contribution >= 4 is 39.5 Å². The summed E-state index contributed by atoms with van der Waals surface area (Å²) in [5.74, 6) is 0.440. The van der Waals surface area contributed by atoms with Crippen LogP contribution in [0.5, 0.6) is 0 Å². The number of phosphoric ester groups is 2. The van der Waals surface area contributed by atoms with Crippen LogP contribution in [-0.2, 0) is 65.4 Å². The van der Waals surface area contributed by atoms with Crippen LogP contribution in [-0.4, -0.2) is 96.7 Å². The van der Waals surface area contributed by atoms with E-state index in [1.165, 1.54) is 295 Å². The molecule has 0 saturated carbocycles. The predicted molar refractivity (Wildman–Crippen MR) is 455 cm³/mol. The summed E-state index contributed by atoms with van der Waals surface area (Å²) < 4.78 is 69.0. The van der Waals surface area contributed by atoms with Crippen molar-refractivity contribution < 1.29 is 80.2 Å². The first-order valence-electron chi connectivity index (χ1n) is 46.9. The van der Waals surface area contributed by atoms with Crippen LogP contribution in [0.2, 0.25) is 0 Å². The molecule has 654 valence electrons. The quantitative estimate of drug-likeness (QED) is 0.0222. The number of rotatable bonds is 89. The Morgan fingerprint density at radius 2 is 0.464 bits per heavy atom. The van der Waals surface area contributed by atoms with Crippen molar-refractivity contribution in [3.63, 3.8) is 0 Å². The van der Waals surface area contributed by atoms with Gasteiger partial charge in [-0.3, -0.25) is 37.3 Å². The normalized spacial score (nSPS) is 14.3. The molecule has 0 radical (unpaired) electrons. The predicted octanol–water partition coefficient (Wildman–Crippen LogP) is 28.0. The number of hydrogen-bond acceptors (Lipinski definition) is 15. The first-order valence-corrected chi connectivity index (χ1v) is 49.9. The van der Waals surface area contributed by atoms with Gasteiger partial charge < -0.3 is 33.8 Å². The zero-order valence-corrected chi connectivity index (χ0v) is 74.5. The number of esters is 4. The van der Waals surface area contributed by atoms with Gasteiger partial charge in [0.25, 0.3) is 0 Å². The van der Waals surface area contributed by atoms with Gasteiger partial charge in [0.1, 0.15) is 19.3 Å². The third-order valence-corrected chi connectivity index (χ3v) is 24.0. The number of hydrogen-bond donors (Lipinski definition) is 3. The van der Waals surface area contributed by atoms with Crippen molar-refractivity contribution in [2.24, 2.45) is 17.8 Å². The number of phosphoric acid groups is 2. The van der Waals surface area contributed by atoms with Gasteiger partial charge in [0.2, 0.25) is 0 Å². The maximum atomic E-state index is 13.2. The molecule has 4 unspecified atom stereocenters. The van der Waals surface area contributed by atoms with Crippen LogP contribution in [0.15, 0.2) is 0 Å². The number of unbranched alkanes of at least 4 members (excludes halogenated alkanes) is 55. The largest absolute Gasteiger partial charge is 0.472 e. The van der Waals surface area contributed by atoms with Crippen LogP contribution in [0.1, 0.15) is 485 Å². The standard InChI is InChI=1S/C91H178O17P2/c1-8-11-12-13-14-41-51-58-65-72-88(93)101-78-86(107-90(95)75-68-61-54-47-40-34-28-27-29-35-42-48-55-62-69-82(4)5)80-105-109(97,98)103-76-85(92)77-104-110(99,100)106-81-87(108-91(96)74-67-60-53-46-39-33-26-22-18-16-20-24-31-37-44-50-57-64-71-84(7)10-3)79-102-89(94)73-66-59-52-45-38-32-25-21-17-15-19-23-30-36-43-49-56-63-70-83(6)9-2/h82-87,92H,8-81H2,1-7H3,(H,97,98)(H,99,100)/t83?,84?,85-,86+,87+/m0/s1. The van der Waals surface area contributed by atoms with Crippen molar-refractivity contribution in [1.82, 2.24) is 0 Å². The molecule has 19 heteroatoms. The van der Waals surface area contributed by atoms with Gasteiger partial charge in [0, 0.05) is 25.7 Å². The molecule has 0 spiro atoms. The highest BCUT2D eigenvalue weighted by molar-refractivity contribution is 7.47. The highest BCUT2D eigenvalue weighted by atomic mass is 31.2. The molecule has 0 aromatic rings. The Hall–Kier alpha value is -1.94. The topological polar surface area (TPSA) is 237 Å². The Labute approximate surface area is 677 Å². The number of carbonyl (C=O) groups excluding carboxylic acids is 4. The summed E-state index contributed by atoms with van der Waals surface area (Å²) in [5.41, 5.74) is 0. The van der Waals surface area contributed by atoms with E-state index in [1.807, 2.05) is 0 Å². The van der Waals surface area contributed by atoms with Gasteiger partial charge in [-0.2, -0.15) is 0 Å². The first-order chi connectivity index (χ1) is 53.3. The highest BCUT2D eigenvalue weighted by Gasteiger charge is 2.31. The van der Waals surface area contributed by atoms with Crippen molar-refractivity contribution in [2.75, 3.05) is 39.6 Å². The molecule has 0 aliphatic rings. The smallest absolute Gasteiger partial charge is 0.462 e. The van der Waals surface area contributed by atoms with Gasteiger partial charge >= 0.3 is 39.5 Å². The van der Waals surface area contributed by atoms with Crippen LogP contribution in [0.4, 0.5) is 0 Å². The van der Waals surface area contributed by atoms with E-state index in [0.717, 1.165) is 108 Å². The van der Waals surface area contributed by atoms with Crippen LogP contribution < -0.4 is 0 Å². The third kappa shape index (κ3) is 81.2. The maximum absolute atomic E-state index is 13.2. The third-order valence-electron chi connectivity index (χ3n) is 22.1. The molecular formula is C91H178O17P2. The van der Waals surface area contributed by atoms with E-state index in [0.29, 0.717) is 25.7 Å². The minimum atomic E-state index is -4.97. The van der Waals surface area contributed by atoms with E-state index >= 15 is 0 Å². The van der Waals surface area contributed by atoms with Crippen LogP contribution in [0, 0.1) is 17.8 Å². The summed E-state index contributed by atoms with van der Waals surface area (Å²) >= 11 is 0. The van der Waals surface area contributed by atoms with Crippen molar-refractivity contribution in [3.8, 4) is 0 Å². The molecule has 0 heterocycles. The summed E-state index contributed by atoms with van der Waals surface area (Å²) in [6, 6.07) is 0. The fourth-order valence-electron chi connectivity index (χ4n) is 14.2. The highest BCUT2D eigenvalue weighted by Crippen LogP contribution is 2.45. The second kappa shape index (κ2) is 80.8. The number of carbonyl (C=O) groups is 4. The lowest BCUT2D eigenvalue weighted by Gasteiger charge is -2.21. The average molecular weight is 1610 g/mol. The SMILES string of the molecule is CCCCCCCCCCCC(=O)OC[C@H](COP(=O)(O)OC[C@H](O)COP(=O)(O)OC[C@@H](COC(=O)CCCCCCCCCCCCCCCCCCCCC(C)CC)OC(=O)CCCCCCCCCCCCCCCCCCCCC(C)CC)OC(=O)CCCCCCCCCCCCCCCCC(C)C. The van der Waals surface area contributed by atoms with Gasteiger partial charge in [-0.15, -0.1) is 0 Å². The average Bonchev–Trinajstić information content (AvgIpc) is 0.894. The molecule has 3 N–H and O–H groups in total. The van der Waals surface area contributed by atoms with E-state index in [-0.39, 0.29) is 25.7 Å². The van der Waals surface area contributed by atoms with Crippen molar-refractivity contribution in [2.45, 2.75) is 503 Å². The molecular weight excluding hydrogens is 1430 g/mol. The van der Waals surface area contributed by atoms with E-state index < -0.39 is 97.5 Å². The van der Waals surface area contributed by atoms with E-state index in [9.17, 15) is 43.2 Å². The van der Waals surface area contributed by atoms with Crippen LogP contribution in [0.25, 0.3) is 0 Å². The Morgan fingerprint density at radius 1 is 0.264 bits per heavy atom. The molecule has 0 amide bonds. The minimum absolute atomic E-state index is 0.108. The van der Waals surface area contributed by atoms with Crippen LogP contribution >= 0.6 is 15.6 Å². The van der Waals surface area contributed by atoms with E-state index in [4.69, 9.17) is 37.0 Å². The van der Waals surface area contributed by atoms with Gasteiger partial charge in [0.15, 0.2) is 12.2 Å². The minimum Gasteiger partial charge on any atom is -0.462 e. The summed E-state index contributed by atoms with van der Waals surface area (Å²) in [4.78, 5) is 73.3. The lowest BCUT2D eigenvalue weighted by atomic mass is 9.99. The van der Waals surface area contributed by atoms with Gasteiger partial charge in [-0.25, -0.2) is 9.13 Å². The molecule has 0 aromatic carbocycles. The Balaban J connectivity index is 5.20. The van der Waals surface area contributed by atoms with Crippen molar-refractivity contribution in [1.29, 1.82) is 0 Å². The summed E-state index contributed by atoms with van der Waals surface area (Å²) in [6.45, 7) is 12.1. The molecule has 0 aliphatic heterocycles. The number of aliphatic hydroxyl groups excluding tert-OH is 1. The zero-order chi connectivity index (χ0) is 80.8. The molecule has 0 aliphatic carbocycles. The second-order valence-electron chi connectivity index (χ2n) is 33.7. The monoisotopic (exact) mass is 1610 g/mol. The lowest BCUT2D eigenvalue weighted by molar-refractivity contribution is -0.161. The fourth-order valence-corrected chi connectivity index (χ4v) is 15.8. The molecule has 7 atom stereocenters. The van der Waals surface area contributed by atoms with E-state index in [1.54, 1.807) is 0 Å². The van der Waals surface area contributed by atoms with Gasteiger partial charge in [0.05, 0.1) is 26.4 Å².